The summed E-state index contributed by atoms with van der Waals surface area (Å²) >= 11 is 1.24. The number of carbonyl (C=O) groups is 1. The highest BCUT2D eigenvalue weighted by Gasteiger charge is 2.45. The fraction of sp³-hybridized carbons (Fsp3) is 0.182. The van der Waals surface area contributed by atoms with Gasteiger partial charge in [0.1, 0.15) is 10.6 Å². The number of non-ortho nitro benzene ring substituents is 1. The molecule has 1 aliphatic rings. The SMILES string of the molecule is CC(C)c1nnc(N2C(=O)c3oc4ccccc4c(=O)c3[C@@H]2c2cccc([N+](=O)[O-])c2)s1. The summed E-state index contributed by atoms with van der Waals surface area (Å²) in [6.45, 7) is 3.92. The first-order chi connectivity index (χ1) is 15.4. The van der Waals surface area contributed by atoms with E-state index in [2.05, 4.69) is 10.2 Å². The number of amides is 1. The van der Waals surface area contributed by atoms with Crippen molar-refractivity contribution in [3.05, 3.63) is 90.8 Å². The van der Waals surface area contributed by atoms with Crippen molar-refractivity contribution in [2.75, 3.05) is 4.90 Å². The molecule has 1 aliphatic heterocycles. The second-order valence-corrected chi connectivity index (χ2v) is 8.67. The van der Waals surface area contributed by atoms with Crippen molar-refractivity contribution in [2.24, 2.45) is 0 Å². The lowest BCUT2D eigenvalue weighted by molar-refractivity contribution is -0.384. The van der Waals surface area contributed by atoms with Crippen LogP contribution >= 0.6 is 11.3 Å². The van der Waals surface area contributed by atoms with Crippen molar-refractivity contribution in [1.29, 1.82) is 0 Å². The number of carbonyl (C=O) groups excluding carboxylic acids is 1. The Bertz CT molecular complexity index is 1460. The number of fused-ring (bicyclic) bond motifs is 2. The van der Waals surface area contributed by atoms with Crippen LogP contribution in [0.4, 0.5) is 10.8 Å². The molecule has 1 atom stereocenters. The van der Waals surface area contributed by atoms with Gasteiger partial charge in [-0.3, -0.25) is 24.6 Å². The average molecular weight is 448 g/mol. The predicted octanol–water partition coefficient (Wildman–Crippen LogP) is 4.43. The molecule has 5 rings (SSSR count). The van der Waals surface area contributed by atoms with E-state index in [1.807, 2.05) is 13.8 Å². The third-order valence-electron chi connectivity index (χ3n) is 5.30. The van der Waals surface area contributed by atoms with Gasteiger partial charge in [-0.15, -0.1) is 10.2 Å². The molecule has 9 nitrogen and oxygen atoms in total. The minimum atomic E-state index is -0.925. The van der Waals surface area contributed by atoms with Crippen LogP contribution in [0.15, 0.2) is 57.7 Å². The van der Waals surface area contributed by atoms with E-state index in [0.717, 1.165) is 5.01 Å². The number of rotatable bonds is 4. The Balaban J connectivity index is 1.79. The van der Waals surface area contributed by atoms with Gasteiger partial charge >= 0.3 is 0 Å². The maximum absolute atomic E-state index is 13.5. The summed E-state index contributed by atoms with van der Waals surface area (Å²) in [5.41, 5.74) is 0.339. The number of nitro benzene ring substituents is 1. The lowest BCUT2D eigenvalue weighted by Gasteiger charge is -2.21. The Morgan fingerprint density at radius 3 is 2.62 bits per heavy atom. The zero-order valence-electron chi connectivity index (χ0n) is 17.0. The zero-order chi connectivity index (χ0) is 22.6. The molecule has 10 heteroatoms. The molecule has 0 bridgehead atoms. The first-order valence-electron chi connectivity index (χ1n) is 9.84. The highest BCUT2D eigenvalue weighted by atomic mass is 32.1. The number of hydrogen-bond acceptors (Lipinski definition) is 8. The van der Waals surface area contributed by atoms with Gasteiger partial charge in [0.05, 0.1) is 21.9 Å². The van der Waals surface area contributed by atoms with Crippen molar-refractivity contribution in [3.63, 3.8) is 0 Å². The number of para-hydroxylation sites is 1. The average Bonchev–Trinajstić information content (AvgIpc) is 3.38. The quantitative estimate of drug-likeness (QED) is 0.335. The Kier molecular flexibility index (Phi) is 4.59. The maximum Gasteiger partial charge on any atom is 0.297 e. The molecule has 1 amide bonds. The van der Waals surface area contributed by atoms with Gasteiger partial charge in [0.2, 0.25) is 10.9 Å². The van der Waals surface area contributed by atoms with E-state index >= 15 is 0 Å². The monoisotopic (exact) mass is 448 g/mol. The molecule has 0 fully saturated rings. The number of benzene rings is 2. The van der Waals surface area contributed by atoms with Gasteiger partial charge in [-0.2, -0.15) is 0 Å². The molecule has 2 aromatic heterocycles. The van der Waals surface area contributed by atoms with E-state index in [1.54, 1.807) is 30.3 Å². The molecule has 2 aromatic carbocycles. The topological polar surface area (TPSA) is 119 Å². The summed E-state index contributed by atoms with van der Waals surface area (Å²) in [5.74, 6) is -0.530. The molecule has 0 aliphatic carbocycles. The highest BCUT2D eigenvalue weighted by molar-refractivity contribution is 7.15. The van der Waals surface area contributed by atoms with Crippen LogP contribution in [-0.4, -0.2) is 21.0 Å². The molecule has 0 saturated carbocycles. The van der Waals surface area contributed by atoms with Crippen LogP contribution in [0.5, 0.6) is 0 Å². The first-order valence-corrected chi connectivity index (χ1v) is 10.7. The van der Waals surface area contributed by atoms with Crippen molar-refractivity contribution >= 4 is 39.0 Å². The molecular formula is C22H16N4O5S. The molecule has 4 aromatic rings. The van der Waals surface area contributed by atoms with Crippen LogP contribution in [0.25, 0.3) is 11.0 Å². The normalized spacial score (nSPS) is 15.5. The van der Waals surface area contributed by atoms with E-state index in [1.165, 1.54) is 34.4 Å². The highest BCUT2D eigenvalue weighted by Crippen LogP contribution is 2.43. The molecular weight excluding hydrogens is 432 g/mol. The largest absolute Gasteiger partial charge is 0.450 e. The summed E-state index contributed by atoms with van der Waals surface area (Å²) in [6.07, 6.45) is 0. The van der Waals surface area contributed by atoms with E-state index in [9.17, 15) is 19.7 Å². The van der Waals surface area contributed by atoms with E-state index in [4.69, 9.17) is 4.42 Å². The van der Waals surface area contributed by atoms with Crippen LogP contribution in [0.3, 0.4) is 0 Å². The predicted molar refractivity (Wildman–Crippen MR) is 118 cm³/mol. The third kappa shape index (κ3) is 2.99. The van der Waals surface area contributed by atoms with Crippen LogP contribution in [-0.2, 0) is 0 Å². The van der Waals surface area contributed by atoms with Gasteiger partial charge in [-0.25, -0.2) is 0 Å². The summed E-state index contributed by atoms with van der Waals surface area (Å²) in [7, 11) is 0. The van der Waals surface area contributed by atoms with Gasteiger partial charge in [-0.1, -0.05) is 49.4 Å². The number of nitro groups is 1. The van der Waals surface area contributed by atoms with E-state index in [-0.39, 0.29) is 28.4 Å². The Morgan fingerprint density at radius 1 is 1.12 bits per heavy atom. The molecule has 32 heavy (non-hydrogen) atoms. The van der Waals surface area contributed by atoms with Crippen molar-refractivity contribution in [2.45, 2.75) is 25.8 Å². The van der Waals surface area contributed by atoms with Gasteiger partial charge in [0.25, 0.3) is 11.6 Å². The van der Waals surface area contributed by atoms with Crippen molar-refractivity contribution in [1.82, 2.24) is 10.2 Å². The molecule has 3 heterocycles. The molecule has 0 N–H and O–H groups in total. The second kappa shape index (κ2) is 7.34. The minimum absolute atomic E-state index is 0.0912. The first kappa shape index (κ1) is 20.0. The van der Waals surface area contributed by atoms with E-state index < -0.39 is 16.9 Å². The van der Waals surface area contributed by atoms with Gasteiger partial charge < -0.3 is 4.42 Å². The maximum atomic E-state index is 13.5. The van der Waals surface area contributed by atoms with Gasteiger partial charge in [-0.05, 0) is 17.7 Å². The smallest absolute Gasteiger partial charge is 0.297 e. The van der Waals surface area contributed by atoms with Gasteiger partial charge in [0, 0.05) is 18.1 Å². The Hall–Kier alpha value is -3.92. The lowest BCUT2D eigenvalue weighted by atomic mass is 9.98. The zero-order valence-corrected chi connectivity index (χ0v) is 17.8. The lowest BCUT2D eigenvalue weighted by Crippen LogP contribution is -2.29. The van der Waals surface area contributed by atoms with Gasteiger partial charge in [0.15, 0.2) is 5.43 Å². The van der Waals surface area contributed by atoms with Crippen LogP contribution < -0.4 is 10.3 Å². The summed E-state index contributed by atoms with van der Waals surface area (Å²) in [6, 6.07) is 11.6. The standard InChI is InChI=1S/C22H16N4O5S/c1-11(2)20-23-24-22(32-20)25-17(12-6-5-7-13(10-12)26(29)30)16-18(27)14-8-3-4-9-15(14)31-19(16)21(25)28/h3-11,17H,1-2H3/t17-/m0/s1. The van der Waals surface area contributed by atoms with Crippen LogP contribution in [0.1, 0.15) is 52.5 Å². The fourth-order valence-electron chi connectivity index (χ4n) is 3.80. The summed E-state index contributed by atoms with van der Waals surface area (Å²) in [4.78, 5) is 39.1. The fourth-order valence-corrected chi connectivity index (χ4v) is 4.67. The van der Waals surface area contributed by atoms with Crippen molar-refractivity contribution < 1.29 is 14.1 Å². The number of anilines is 1. The molecule has 0 spiro atoms. The summed E-state index contributed by atoms with van der Waals surface area (Å²) < 4.78 is 5.86. The molecule has 0 unspecified atom stereocenters. The molecule has 0 saturated heterocycles. The molecule has 160 valence electrons. The number of hydrogen-bond donors (Lipinski definition) is 0. The van der Waals surface area contributed by atoms with Crippen LogP contribution in [0.2, 0.25) is 0 Å². The molecule has 0 radical (unpaired) electrons. The Morgan fingerprint density at radius 2 is 1.91 bits per heavy atom. The summed E-state index contributed by atoms with van der Waals surface area (Å²) in [5, 5.41) is 21.1. The van der Waals surface area contributed by atoms with Crippen molar-refractivity contribution in [3.8, 4) is 0 Å². The third-order valence-corrected chi connectivity index (χ3v) is 6.53. The Labute approximate surface area is 185 Å². The second-order valence-electron chi connectivity index (χ2n) is 7.68. The number of nitrogens with zero attached hydrogens (tertiary/aromatic N) is 4. The van der Waals surface area contributed by atoms with E-state index in [0.29, 0.717) is 21.7 Å². The van der Waals surface area contributed by atoms with Crippen LogP contribution in [0, 0.1) is 10.1 Å². The minimum Gasteiger partial charge on any atom is -0.450 e. The number of aromatic nitrogens is 2.